The molecule has 3 heterocycles. The Morgan fingerprint density at radius 3 is 2.96 bits per heavy atom. The number of hydrogen-bond acceptors (Lipinski definition) is 3. The van der Waals surface area contributed by atoms with Crippen LogP contribution in [0, 0.1) is 6.92 Å². The normalized spacial score (nSPS) is 21.0. The van der Waals surface area contributed by atoms with Gasteiger partial charge in [0, 0.05) is 44.8 Å². The van der Waals surface area contributed by atoms with Gasteiger partial charge in [-0.2, -0.15) is 0 Å². The lowest BCUT2D eigenvalue weighted by molar-refractivity contribution is -0.130. The number of nitrogens with one attached hydrogen (secondary N) is 1. The first-order valence-corrected chi connectivity index (χ1v) is 9.42. The van der Waals surface area contributed by atoms with Crippen LogP contribution in [0.1, 0.15) is 50.0 Å². The van der Waals surface area contributed by atoms with Crippen molar-refractivity contribution in [1.29, 1.82) is 0 Å². The minimum atomic E-state index is -0.132. The van der Waals surface area contributed by atoms with Gasteiger partial charge in [-0.25, -0.2) is 9.78 Å². The molecule has 0 unspecified atom stereocenters. The maximum atomic E-state index is 12.5. The Labute approximate surface area is 149 Å². The molecule has 7 heteroatoms. The van der Waals surface area contributed by atoms with E-state index in [9.17, 15) is 9.59 Å². The van der Waals surface area contributed by atoms with Crippen LogP contribution >= 0.6 is 0 Å². The van der Waals surface area contributed by atoms with Gasteiger partial charge in [0.1, 0.15) is 12.4 Å². The molecule has 0 aromatic carbocycles. The lowest BCUT2D eigenvalue weighted by atomic mass is 9.99. The number of carbonyl (C=O) groups is 2. The number of hydrogen-bond donors (Lipinski definition) is 1. The van der Waals surface area contributed by atoms with Crippen LogP contribution in [0.15, 0.2) is 6.20 Å². The van der Waals surface area contributed by atoms with Crippen LogP contribution < -0.4 is 5.32 Å². The number of aryl methyl sites for hydroxylation is 2. The largest absolute Gasteiger partial charge is 0.341 e. The molecule has 0 spiro atoms. The zero-order valence-electron chi connectivity index (χ0n) is 15.3. The number of nitrogens with zero attached hydrogens (tertiary/aromatic N) is 4. The Balaban J connectivity index is 1.55. The highest BCUT2D eigenvalue weighted by Gasteiger charge is 2.26. The fourth-order valence-corrected chi connectivity index (χ4v) is 3.82. The first-order valence-electron chi connectivity index (χ1n) is 9.42. The maximum Gasteiger partial charge on any atom is 0.317 e. The highest BCUT2D eigenvalue weighted by Crippen LogP contribution is 2.26. The Bertz CT molecular complexity index is 627. The van der Waals surface area contributed by atoms with E-state index in [4.69, 9.17) is 0 Å². The van der Waals surface area contributed by atoms with Gasteiger partial charge in [-0.05, 0) is 32.6 Å². The molecule has 1 aromatic rings. The number of rotatable bonds is 4. The summed E-state index contributed by atoms with van der Waals surface area (Å²) in [5, 5.41) is 3.03. The predicted octanol–water partition coefficient (Wildman–Crippen LogP) is 1.72. The summed E-state index contributed by atoms with van der Waals surface area (Å²) in [5.41, 5.74) is 1.03. The Kier molecular flexibility index (Phi) is 5.60. The van der Waals surface area contributed by atoms with E-state index in [1.54, 1.807) is 4.90 Å². The monoisotopic (exact) mass is 347 g/mol. The molecule has 3 rings (SSSR count). The van der Waals surface area contributed by atoms with Crippen molar-refractivity contribution in [3.05, 3.63) is 17.7 Å². The van der Waals surface area contributed by atoms with Gasteiger partial charge in [0.2, 0.25) is 5.91 Å². The van der Waals surface area contributed by atoms with Gasteiger partial charge in [0.05, 0.1) is 5.69 Å². The van der Waals surface area contributed by atoms with E-state index in [0.717, 1.165) is 56.8 Å². The summed E-state index contributed by atoms with van der Waals surface area (Å²) >= 11 is 0. The van der Waals surface area contributed by atoms with Crippen LogP contribution in [0.5, 0.6) is 0 Å². The lowest BCUT2D eigenvalue weighted by Gasteiger charge is -2.26. The van der Waals surface area contributed by atoms with Gasteiger partial charge in [0.25, 0.3) is 0 Å². The predicted molar refractivity (Wildman–Crippen MR) is 95.4 cm³/mol. The van der Waals surface area contributed by atoms with E-state index in [2.05, 4.69) is 28.0 Å². The Morgan fingerprint density at radius 2 is 2.16 bits per heavy atom. The van der Waals surface area contributed by atoms with Crippen LogP contribution in [0.4, 0.5) is 4.79 Å². The molecule has 1 saturated heterocycles. The standard InChI is InChI=1S/C18H29N5O2/c1-3-7-21-9-5-10-23(13-16(21)24)18(25)19-11-15-6-4-8-22-12-14(2)20-17(15)22/h12,15H,3-11,13H2,1-2H3,(H,19,25)/t15-/m0/s1. The zero-order valence-corrected chi connectivity index (χ0v) is 15.3. The molecular weight excluding hydrogens is 318 g/mol. The van der Waals surface area contributed by atoms with E-state index < -0.39 is 0 Å². The number of aromatic nitrogens is 2. The molecule has 3 amide bonds. The number of urea groups is 1. The van der Waals surface area contributed by atoms with Crippen LogP contribution in [-0.4, -0.2) is 64.0 Å². The molecule has 2 aliphatic heterocycles. The lowest BCUT2D eigenvalue weighted by Crippen LogP contribution is -2.45. The molecule has 7 nitrogen and oxygen atoms in total. The van der Waals surface area contributed by atoms with Crippen molar-refractivity contribution in [2.75, 3.05) is 32.7 Å². The summed E-state index contributed by atoms with van der Waals surface area (Å²) in [4.78, 5) is 33.0. The van der Waals surface area contributed by atoms with Gasteiger partial charge < -0.3 is 19.7 Å². The summed E-state index contributed by atoms with van der Waals surface area (Å²) in [6, 6.07) is -0.132. The molecule has 0 aliphatic carbocycles. The molecule has 1 atom stereocenters. The molecule has 138 valence electrons. The first-order chi connectivity index (χ1) is 12.1. The van der Waals surface area contributed by atoms with Crippen molar-refractivity contribution >= 4 is 11.9 Å². The van der Waals surface area contributed by atoms with E-state index in [1.807, 2.05) is 11.8 Å². The zero-order chi connectivity index (χ0) is 17.8. The summed E-state index contributed by atoms with van der Waals surface area (Å²) in [5.74, 6) is 1.38. The second kappa shape index (κ2) is 7.89. The maximum absolute atomic E-state index is 12.5. The fraction of sp³-hybridized carbons (Fsp3) is 0.722. The minimum Gasteiger partial charge on any atom is -0.341 e. The molecule has 1 fully saturated rings. The molecule has 0 bridgehead atoms. The average Bonchev–Trinajstić information content (AvgIpc) is 2.88. The van der Waals surface area contributed by atoms with Gasteiger partial charge >= 0.3 is 6.03 Å². The summed E-state index contributed by atoms with van der Waals surface area (Å²) in [6.45, 7) is 8.01. The molecule has 2 aliphatic rings. The molecule has 25 heavy (non-hydrogen) atoms. The van der Waals surface area contributed by atoms with Crippen molar-refractivity contribution in [1.82, 2.24) is 24.7 Å². The highest BCUT2D eigenvalue weighted by molar-refractivity contribution is 5.84. The summed E-state index contributed by atoms with van der Waals surface area (Å²) in [7, 11) is 0. The highest BCUT2D eigenvalue weighted by atomic mass is 16.2. The van der Waals surface area contributed by atoms with Crippen molar-refractivity contribution in [3.63, 3.8) is 0 Å². The number of amides is 3. The van der Waals surface area contributed by atoms with Crippen molar-refractivity contribution in [2.24, 2.45) is 0 Å². The number of carbonyl (C=O) groups excluding carboxylic acids is 2. The quantitative estimate of drug-likeness (QED) is 0.902. The van der Waals surface area contributed by atoms with Crippen LogP contribution in [0.3, 0.4) is 0 Å². The molecule has 1 N–H and O–H groups in total. The second-order valence-corrected chi connectivity index (χ2v) is 7.11. The van der Waals surface area contributed by atoms with E-state index in [0.29, 0.717) is 13.1 Å². The van der Waals surface area contributed by atoms with Crippen LogP contribution in [0.2, 0.25) is 0 Å². The summed E-state index contributed by atoms with van der Waals surface area (Å²) < 4.78 is 2.20. The smallest absolute Gasteiger partial charge is 0.317 e. The van der Waals surface area contributed by atoms with Gasteiger partial charge in [0.15, 0.2) is 0 Å². The number of fused-ring (bicyclic) bond motifs is 1. The third kappa shape index (κ3) is 4.14. The SMILES string of the molecule is CCCN1CCCN(C(=O)NC[C@@H]2CCCn3cc(C)nc32)CC1=O. The van der Waals surface area contributed by atoms with Gasteiger partial charge in [-0.3, -0.25) is 4.79 Å². The molecule has 1 aromatic heterocycles. The van der Waals surface area contributed by atoms with Crippen LogP contribution in [0.25, 0.3) is 0 Å². The van der Waals surface area contributed by atoms with E-state index in [1.165, 1.54) is 0 Å². The third-order valence-electron chi connectivity index (χ3n) is 5.06. The Hall–Kier alpha value is -2.05. The second-order valence-electron chi connectivity index (χ2n) is 7.11. The van der Waals surface area contributed by atoms with Crippen molar-refractivity contribution < 1.29 is 9.59 Å². The van der Waals surface area contributed by atoms with Gasteiger partial charge in [-0.15, -0.1) is 0 Å². The van der Waals surface area contributed by atoms with Crippen LogP contribution in [-0.2, 0) is 11.3 Å². The molecular formula is C18H29N5O2. The Morgan fingerprint density at radius 1 is 1.32 bits per heavy atom. The average molecular weight is 347 g/mol. The fourth-order valence-electron chi connectivity index (χ4n) is 3.82. The minimum absolute atomic E-state index is 0.0540. The molecule has 0 saturated carbocycles. The van der Waals surface area contributed by atoms with Crippen molar-refractivity contribution in [2.45, 2.75) is 52.0 Å². The van der Waals surface area contributed by atoms with E-state index in [-0.39, 0.29) is 24.4 Å². The third-order valence-corrected chi connectivity index (χ3v) is 5.06. The summed E-state index contributed by atoms with van der Waals surface area (Å²) in [6.07, 6.45) is 6.02. The van der Waals surface area contributed by atoms with Gasteiger partial charge in [-0.1, -0.05) is 6.92 Å². The topological polar surface area (TPSA) is 70.5 Å². The first kappa shape index (κ1) is 17.8. The molecule has 0 radical (unpaired) electrons. The van der Waals surface area contributed by atoms with E-state index >= 15 is 0 Å². The van der Waals surface area contributed by atoms with Crippen molar-refractivity contribution in [3.8, 4) is 0 Å². The number of imidazole rings is 1.